The molecule has 0 radical (unpaired) electrons. The lowest BCUT2D eigenvalue weighted by Crippen LogP contribution is -2.68. The third kappa shape index (κ3) is 2.75. The van der Waals surface area contributed by atoms with Gasteiger partial charge in [0.05, 0.1) is 0 Å². The largest absolute Gasteiger partial charge is 0.340 e. The van der Waals surface area contributed by atoms with Crippen LogP contribution in [0.1, 0.15) is 32.8 Å². The molecule has 1 aromatic carbocycles. The van der Waals surface area contributed by atoms with Crippen LogP contribution in [0, 0.1) is 11.6 Å². The molecule has 0 aromatic heterocycles. The van der Waals surface area contributed by atoms with Gasteiger partial charge in [0.25, 0.3) is 0 Å². The van der Waals surface area contributed by atoms with E-state index in [1.54, 1.807) is 20.8 Å². The van der Waals surface area contributed by atoms with Crippen molar-refractivity contribution in [1.82, 2.24) is 10.2 Å². The van der Waals surface area contributed by atoms with Gasteiger partial charge in [-0.15, -0.1) is 0 Å². The number of halogens is 2. The molecule has 2 amide bonds. The molecule has 21 heavy (non-hydrogen) atoms. The van der Waals surface area contributed by atoms with E-state index in [0.717, 1.165) is 12.1 Å². The van der Waals surface area contributed by atoms with Crippen LogP contribution in [-0.4, -0.2) is 28.3 Å². The summed E-state index contributed by atoms with van der Waals surface area (Å²) in [7, 11) is 0. The fraction of sp³-hybridized carbons (Fsp3) is 0.467. The molecule has 0 aliphatic carbocycles. The number of hydrogen-bond donors (Lipinski definition) is 1. The lowest BCUT2D eigenvalue weighted by molar-refractivity contribution is -0.154. The number of benzene rings is 1. The molecule has 0 saturated carbocycles. The molecular formula is C15H18F2N2O2. The van der Waals surface area contributed by atoms with Gasteiger partial charge >= 0.3 is 0 Å². The van der Waals surface area contributed by atoms with Crippen LogP contribution in [0.25, 0.3) is 0 Å². The van der Waals surface area contributed by atoms with E-state index < -0.39 is 23.2 Å². The van der Waals surface area contributed by atoms with Crippen LogP contribution in [0.3, 0.4) is 0 Å². The van der Waals surface area contributed by atoms with Gasteiger partial charge < -0.3 is 10.2 Å². The SMILES string of the molecule is CCC1(C)NC(=O)C(C)N(Cc2ccc(F)cc2F)C1=O. The van der Waals surface area contributed by atoms with Crippen molar-refractivity contribution in [2.45, 2.75) is 45.3 Å². The number of carbonyl (C=O) groups excluding carboxylic acids is 2. The molecule has 4 nitrogen and oxygen atoms in total. The summed E-state index contributed by atoms with van der Waals surface area (Å²) in [5.74, 6) is -1.94. The van der Waals surface area contributed by atoms with Crippen molar-refractivity contribution in [3.05, 3.63) is 35.4 Å². The number of rotatable bonds is 3. The lowest BCUT2D eigenvalue weighted by atomic mass is 9.92. The number of carbonyl (C=O) groups is 2. The van der Waals surface area contributed by atoms with Gasteiger partial charge in [0.15, 0.2) is 0 Å². The summed E-state index contributed by atoms with van der Waals surface area (Å²) in [5.41, 5.74) is -0.801. The summed E-state index contributed by atoms with van der Waals surface area (Å²) >= 11 is 0. The molecule has 1 N–H and O–H groups in total. The number of piperazine rings is 1. The first-order chi connectivity index (χ1) is 9.78. The normalized spacial score (nSPS) is 26.0. The number of nitrogens with one attached hydrogen (secondary N) is 1. The van der Waals surface area contributed by atoms with E-state index in [1.807, 2.05) is 0 Å². The van der Waals surface area contributed by atoms with Gasteiger partial charge in [-0.05, 0) is 26.3 Å². The maximum absolute atomic E-state index is 13.8. The summed E-state index contributed by atoms with van der Waals surface area (Å²) in [5, 5.41) is 2.70. The van der Waals surface area contributed by atoms with E-state index in [1.165, 1.54) is 11.0 Å². The Labute approximate surface area is 122 Å². The maximum Gasteiger partial charge on any atom is 0.249 e. The smallest absolute Gasteiger partial charge is 0.249 e. The molecule has 1 saturated heterocycles. The third-order valence-corrected chi connectivity index (χ3v) is 4.04. The van der Waals surface area contributed by atoms with E-state index in [4.69, 9.17) is 0 Å². The number of amides is 2. The first kappa shape index (κ1) is 15.4. The van der Waals surface area contributed by atoms with Gasteiger partial charge in [-0.25, -0.2) is 8.78 Å². The molecule has 1 aliphatic heterocycles. The first-order valence-corrected chi connectivity index (χ1v) is 6.85. The van der Waals surface area contributed by atoms with Crippen molar-refractivity contribution in [2.75, 3.05) is 0 Å². The Morgan fingerprint density at radius 3 is 2.57 bits per heavy atom. The molecule has 6 heteroatoms. The van der Waals surface area contributed by atoms with Crippen molar-refractivity contribution in [2.24, 2.45) is 0 Å². The Bertz CT molecular complexity index is 591. The zero-order valence-corrected chi connectivity index (χ0v) is 12.2. The Kier molecular flexibility index (Phi) is 3.98. The monoisotopic (exact) mass is 296 g/mol. The molecule has 0 spiro atoms. The third-order valence-electron chi connectivity index (χ3n) is 4.04. The molecule has 0 bridgehead atoms. The Balaban J connectivity index is 2.31. The van der Waals surface area contributed by atoms with Gasteiger partial charge in [0.1, 0.15) is 23.2 Å². The zero-order valence-electron chi connectivity index (χ0n) is 12.2. The second kappa shape index (κ2) is 5.42. The quantitative estimate of drug-likeness (QED) is 0.927. The van der Waals surface area contributed by atoms with Gasteiger partial charge in [0, 0.05) is 18.2 Å². The van der Waals surface area contributed by atoms with Gasteiger partial charge in [0.2, 0.25) is 11.8 Å². The summed E-state index contributed by atoms with van der Waals surface area (Å²) in [4.78, 5) is 25.9. The zero-order chi connectivity index (χ0) is 15.8. The molecule has 1 fully saturated rings. The standard InChI is InChI=1S/C15H18F2N2O2/c1-4-15(3)14(21)19(9(2)13(20)18-15)8-10-5-6-11(16)7-12(10)17/h5-7,9H,4,8H2,1-3H3,(H,18,20). The average molecular weight is 296 g/mol. The van der Waals surface area contributed by atoms with Crippen LogP contribution < -0.4 is 5.32 Å². The molecular weight excluding hydrogens is 278 g/mol. The number of nitrogens with zero attached hydrogens (tertiary/aromatic N) is 1. The molecule has 2 rings (SSSR count). The molecule has 1 aromatic rings. The van der Waals surface area contributed by atoms with E-state index >= 15 is 0 Å². The minimum absolute atomic E-state index is 0.0604. The molecule has 1 heterocycles. The van der Waals surface area contributed by atoms with Crippen molar-refractivity contribution in [1.29, 1.82) is 0 Å². The van der Waals surface area contributed by atoms with Crippen molar-refractivity contribution < 1.29 is 18.4 Å². The predicted octanol–water partition coefficient (Wildman–Crippen LogP) is 1.98. The summed E-state index contributed by atoms with van der Waals surface area (Å²) in [6.07, 6.45) is 0.437. The molecule has 1 aliphatic rings. The fourth-order valence-corrected chi connectivity index (χ4v) is 2.35. The first-order valence-electron chi connectivity index (χ1n) is 6.85. The highest BCUT2D eigenvalue weighted by molar-refractivity contribution is 5.99. The molecule has 2 atom stereocenters. The minimum Gasteiger partial charge on any atom is -0.340 e. The van der Waals surface area contributed by atoms with Crippen molar-refractivity contribution >= 4 is 11.8 Å². The summed E-state index contributed by atoms with van der Waals surface area (Å²) in [6.45, 7) is 4.97. The van der Waals surface area contributed by atoms with Crippen LogP contribution in [0.5, 0.6) is 0 Å². The lowest BCUT2D eigenvalue weighted by Gasteiger charge is -2.43. The molecule has 2 unspecified atom stereocenters. The van der Waals surface area contributed by atoms with E-state index in [-0.39, 0.29) is 23.9 Å². The van der Waals surface area contributed by atoms with Crippen molar-refractivity contribution in [3.8, 4) is 0 Å². The van der Waals surface area contributed by atoms with Gasteiger partial charge in [-0.1, -0.05) is 13.0 Å². The maximum atomic E-state index is 13.8. The van der Waals surface area contributed by atoms with Crippen LogP contribution in [0.4, 0.5) is 8.78 Å². The summed E-state index contributed by atoms with van der Waals surface area (Å²) < 4.78 is 26.7. The highest BCUT2D eigenvalue weighted by Crippen LogP contribution is 2.24. The van der Waals surface area contributed by atoms with Crippen LogP contribution in [0.2, 0.25) is 0 Å². The second-order valence-corrected chi connectivity index (χ2v) is 5.52. The Hall–Kier alpha value is -1.98. The van der Waals surface area contributed by atoms with Crippen molar-refractivity contribution in [3.63, 3.8) is 0 Å². The predicted molar refractivity (Wildman–Crippen MR) is 73.2 cm³/mol. The highest BCUT2D eigenvalue weighted by Gasteiger charge is 2.45. The van der Waals surface area contributed by atoms with E-state index in [9.17, 15) is 18.4 Å². The average Bonchev–Trinajstić information content (AvgIpc) is 2.43. The van der Waals surface area contributed by atoms with Crippen LogP contribution in [0.15, 0.2) is 18.2 Å². The fourth-order valence-electron chi connectivity index (χ4n) is 2.35. The topological polar surface area (TPSA) is 49.4 Å². The van der Waals surface area contributed by atoms with E-state index in [0.29, 0.717) is 6.42 Å². The van der Waals surface area contributed by atoms with Gasteiger partial charge in [-0.3, -0.25) is 9.59 Å². The number of hydrogen-bond acceptors (Lipinski definition) is 2. The Morgan fingerprint density at radius 1 is 1.33 bits per heavy atom. The van der Waals surface area contributed by atoms with Crippen LogP contribution >= 0.6 is 0 Å². The minimum atomic E-state index is -0.986. The highest BCUT2D eigenvalue weighted by atomic mass is 19.1. The molecule has 114 valence electrons. The van der Waals surface area contributed by atoms with Gasteiger partial charge in [-0.2, -0.15) is 0 Å². The van der Waals surface area contributed by atoms with Crippen LogP contribution in [-0.2, 0) is 16.1 Å². The van der Waals surface area contributed by atoms with E-state index in [2.05, 4.69) is 5.32 Å². The second-order valence-electron chi connectivity index (χ2n) is 5.52. The summed E-state index contributed by atoms with van der Waals surface area (Å²) in [6, 6.07) is 2.51. The Morgan fingerprint density at radius 2 is 2.00 bits per heavy atom.